The van der Waals surface area contributed by atoms with Crippen molar-refractivity contribution in [3.05, 3.63) is 64.6 Å². The molecule has 5 nitrogen and oxygen atoms in total. The van der Waals surface area contributed by atoms with Crippen LogP contribution in [0.4, 0.5) is 5.69 Å². The number of piperazine rings is 1. The first-order valence-electron chi connectivity index (χ1n) is 8.69. The molecule has 136 valence electrons. The maximum Gasteiger partial charge on any atom is 0.253 e. The number of hydrogen-bond donors (Lipinski definition) is 1. The second-order valence-corrected chi connectivity index (χ2v) is 7.28. The largest absolute Gasteiger partial charge is 0.336 e. The van der Waals surface area contributed by atoms with Crippen molar-refractivity contribution in [1.29, 1.82) is 0 Å². The van der Waals surface area contributed by atoms with E-state index in [9.17, 15) is 9.59 Å². The molecule has 6 heteroatoms. The minimum absolute atomic E-state index is 0.0323. The SMILES string of the molecule is C[C@@H](C(=O)Nc1ccc(Br)cc1)N1CCN(C(=O)c2ccccc2)CC1. The van der Waals surface area contributed by atoms with Crippen LogP contribution in [0.5, 0.6) is 0 Å². The van der Waals surface area contributed by atoms with Crippen molar-refractivity contribution in [1.82, 2.24) is 9.80 Å². The predicted octanol–water partition coefficient (Wildman–Crippen LogP) is 3.23. The first-order chi connectivity index (χ1) is 12.5. The van der Waals surface area contributed by atoms with Gasteiger partial charge in [0.15, 0.2) is 0 Å². The highest BCUT2D eigenvalue weighted by Crippen LogP contribution is 2.16. The summed E-state index contributed by atoms with van der Waals surface area (Å²) < 4.78 is 0.975. The molecule has 1 fully saturated rings. The zero-order valence-electron chi connectivity index (χ0n) is 14.7. The number of benzene rings is 2. The minimum atomic E-state index is -0.243. The Morgan fingerprint density at radius 1 is 0.962 bits per heavy atom. The summed E-state index contributed by atoms with van der Waals surface area (Å²) in [6.07, 6.45) is 0. The Labute approximate surface area is 162 Å². The molecule has 0 bridgehead atoms. The number of carbonyl (C=O) groups is 2. The maximum absolute atomic E-state index is 12.5. The number of anilines is 1. The summed E-state index contributed by atoms with van der Waals surface area (Å²) in [4.78, 5) is 29.0. The van der Waals surface area contributed by atoms with Crippen LogP contribution >= 0.6 is 15.9 Å². The van der Waals surface area contributed by atoms with Crippen LogP contribution in [-0.2, 0) is 4.79 Å². The van der Waals surface area contributed by atoms with Crippen LogP contribution < -0.4 is 5.32 Å². The van der Waals surface area contributed by atoms with Crippen molar-refractivity contribution in [2.45, 2.75) is 13.0 Å². The van der Waals surface area contributed by atoms with Crippen molar-refractivity contribution < 1.29 is 9.59 Å². The van der Waals surface area contributed by atoms with Gasteiger partial charge >= 0.3 is 0 Å². The van der Waals surface area contributed by atoms with E-state index in [1.54, 1.807) is 0 Å². The molecule has 3 rings (SSSR count). The lowest BCUT2D eigenvalue weighted by Gasteiger charge is -2.37. The summed E-state index contributed by atoms with van der Waals surface area (Å²) in [5.74, 6) is 0.0207. The maximum atomic E-state index is 12.5. The summed E-state index contributed by atoms with van der Waals surface area (Å²) in [6.45, 7) is 4.54. The van der Waals surface area contributed by atoms with Crippen molar-refractivity contribution >= 4 is 33.4 Å². The third-order valence-corrected chi connectivity index (χ3v) is 5.19. The molecule has 0 saturated carbocycles. The number of nitrogens with zero attached hydrogens (tertiary/aromatic N) is 2. The van der Waals surface area contributed by atoms with Crippen LogP contribution in [0.1, 0.15) is 17.3 Å². The Bertz CT molecular complexity index is 756. The van der Waals surface area contributed by atoms with E-state index in [0.29, 0.717) is 31.7 Å². The van der Waals surface area contributed by atoms with Gasteiger partial charge in [0.25, 0.3) is 5.91 Å². The van der Waals surface area contributed by atoms with Gasteiger partial charge in [0.2, 0.25) is 5.91 Å². The standard InChI is InChI=1S/C20H22BrN3O2/c1-15(19(25)22-18-9-7-17(21)8-10-18)23-11-13-24(14-12-23)20(26)16-5-3-2-4-6-16/h2-10,15H,11-14H2,1H3,(H,22,25)/t15-/m0/s1. The molecular weight excluding hydrogens is 394 g/mol. The van der Waals surface area contributed by atoms with E-state index in [4.69, 9.17) is 0 Å². The van der Waals surface area contributed by atoms with E-state index >= 15 is 0 Å². The molecule has 0 aliphatic carbocycles. The number of rotatable bonds is 4. The molecule has 26 heavy (non-hydrogen) atoms. The van der Waals surface area contributed by atoms with Crippen molar-refractivity contribution in [2.75, 3.05) is 31.5 Å². The molecule has 1 saturated heterocycles. The fraction of sp³-hybridized carbons (Fsp3) is 0.300. The molecule has 2 aromatic carbocycles. The summed E-state index contributed by atoms with van der Waals surface area (Å²) in [6, 6.07) is 16.6. The Morgan fingerprint density at radius 2 is 1.58 bits per heavy atom. The van der Waals surface area contributed by atoms with Gasteiger partial charge in [0, 0.05) is 41.9 Å². The van der Waals surface area contributed by atoms with Gasteiger partial charge in [-0.25, -0.2) is 0 Å². The van der Waals surface area contributed by atoms with Crippen LogP contribution in [-0.4, -0.2) is 53.8 Å². The number of carbonyl (C=O) groups excluding carboxylic acids is 2. The fourth-order valence-electron chi connectivity index (χ4n) is 3.02. The van der Waals surface area contributed by atoms with Crippen molar-refractivity contribution in [2.24, 2.45) is 0 Å². The van der Waals surface area contributed by atoms with E-state index in [-0.39, 0.29) is 17.9 Å². The molecule has 0 radical (unpaired) electrons. The van der Waals surface area contributed by atoms with Crippen LogP contribution in [0.25, 0.3) is 0 Å². The molecule has 0 spiro atoms. The third-order valence-electron chi connectivity index (χ3n) is 4.66. The first-order valence-corrected chi connectivity index (χ1v) is 9.49. The zero-order valence-corrected chi connectivity index (χ0v) is 16.3. The van der Waals surface area contributed by atoms with Gasteiger partial charge in [-0.3, -0.25) is 14.5 Å². The van der Waals surface area contributed by atoms with Gasteiger partial charge in [-0.2, -0.15) is 0 Å². The van der Waals surface area contributed by atoms with E-state index in [1.807, 2.05) is 66.4 Å². The van der Waals surface area contributed by atoms with E-state index in [0.717, 1.165) is 10.2 Å². The molecule has 2 aromatic rings. The average Bonchev–Trinajstić information content (AvgIpc) is 2.69. The second kappa shape index (κ2) is 8.47. The van der Waals surface area contributed by atoms with Crippen molar-refractivity contribution in [3.8, 4) is 0 Å². The van der Waals surface area contributed by atoms with Gasteiger partial charge in [-0.05, 0) is 43.3 Å². The quantitative estimate of drug-likeness (QED) is 0.833. The number of nitrogens with one attached hydrogen (secondary N) is 1. The number of amides is 2. The molecule has 1 heterocycles. The highest BCUT2D eigenvalue weighted by Gasteiger charge is 2.27. The number of halogens is 1. The predicted molar refractivity (Wildman–Crippen MR) is 106 cm³/mol. The second-order valence-electron chi connectivity index (χ2n) is 6.37. The highest BCUT2D eigenvalue weighted by molar-refractivity contribution is 9.10. The Kier molecular flexibility index (Phi) is 6.06. The molecule has 0 unspecified atom stereocenters. The summed E-state index contributed by atoms with van der Waals surface area (Å²) in [5, 5.41) is 2.94. The van der Waals surface area contributed by atoms with Gasteiger partial charge < -0.3 is 10.2 Å². The van der Waals surface area contributed by atoms with Crippen LogP contribution in [0, 0.1) is 0 Å². The van der Waals surface area contributed by atoms with Gasteiger partial charge in [-0.1, -0.05) is 34.1 Å². The molecule has 1 N–H and O–H groups in total. The fourth-order valence-corrected chi connectivity index (χ4v) is 3.29. The molecular formula is C20H22BrN3O2. The molecule has 1 aliphatic heterocycles. The molecule has 0 aromatic heterocycles. The summed E-state index contributed by atoms with van der Waals surface area (Å²) >= 11 is 3.38. The highest BCUT2D eigenvalue weighted by atomic mass is 79.9. The van der Waals surface area contributed by atoms with Crippen LogP contribution in [0.15, 0.2) is 59.1 Å². The van der Waals surface area contributed by atoms with E-state index in [1.165, 1.54) is 0 Å². The molecule has 1 aliphatic rings. The normalized spacial score (nSPS) is 16.2. The lowest BCUT2D eigenvalue weighted by atomic mass is 10.1. The van der Waals surface area contributed by atoms with E-state index < -0.39 is 0 Å². The van der Waals surface area contributed by atoms with Crippen LogP contribution in [0.2, 0.25) is 0 Å². The third kappa shape index (κ3) is 4.51. The Balaban J connectivity index is 1.53. The van der Waals surface area contributed by atoms with E-state index in [2.05, 4.69) is 26.1 Å². The first kappa shape index (κ1) is 18.6. The van der Waals surface area contributed by atoms with Gasteiger partial charge in [0.1, 0.15) is 0 Å². The lowest BCUT2D eigenvalue weighted by molar-refractivity contribution is -0.121. The Morgan fingerprint density at radius 3 is 2.19 bits per heavy atom. The number of hydrogen-bond acceptors (Lipinski definition) is 3. The minimum Gasteiger partial charge on any atom is -0.336 e. The summed E-state index contributed by atoms with van der Waals surface area (Å²) in [5.41, 5.74) is 1.49. The zero-order chi connectivity index (χ0) is 18.5. The Hall–Kier alpha value is -2.18. The van der Waals surface area contributed by atoms with Crippen LogP contribution in [0.3, 0.4) is 0 Å². The topological polar surface area (TPSA) is 52.7 Å². The molecule has 2 amide bonds. The van der Waals surface area contributed by atoms with Gasteiger partial charge in [-0.15, -0.1) is 0 Å². The monoisotopic (exact) mass is 415 g/mol. The van der Waals surface area contributed by atoms with Gasteiger partial charge in [0.05, 0.1) is 6.04 Å². The lowest BCUT2D eigenvalue weighted by Crippen LogP contribution is -2.54. The molecule has 1 atom stereocenters. The smallest absolute Gasteiger partial charge is 0.253 e. The summed E-state index contributed by atoms with van der Waals surface area (Å²) in [7, 11) is 0. The van der Waals surface area contributed by atoms with Crippen molar-refractivity contribution in [3.63, 3.8) is 0 Å². The average molecular weight is 416 g/mol.